The fraction of sp³-hybridized carbons (Fsp3) is 0.900. The molecule has 2 atom stereocenters. The number of likely N-dealkylation sites (tertiary alicyclic amines) is 1. The van der Waals surface area contributed by atoms with E-state index in [2.05, 4.69) is 5.32 Å². The van der Waals surface area contributed by atoms with Crippen LogP contribution in [0.15, 0.2) is 0 Å². The Bertz CT molecular complexity index is 570. The van der Waals surface area contributed by atoms with E-state index >= 15 is 0 Å². The van der Waals surface area contributed by atoms with Crippen LogP contribution in [0.25, 0.3) is 0 Å². The second-order valence-electron chi connectivity index (χ2n) is 9.06. The molecule has 0 aromatic heterocycles. The van der Waals surface area contributed by atoms with Crippen molar-refractivity contribution in [1.82, 2.24) is 10.2 Å². The minimum absolute atomic E-state index is 0.000996. The molecule has 0 spiro atoms. The van der Waals surface area contributed by atoms with E-state index in [-0.39, 0.29) is 29.3 Å². The van der Waals surface area contributed by atoms with Gasteiger partial charge in [-0.05, 0) is 50.0 Å². The maximum atomic E-state index is 12.5. The molecule has 7 heteroatoms. The molecule has 2 N–H and O–H groups in total. The molecule has 2 rings (SSSR count). The lowest BCUT2D eigenvalue weighted by molar-refractivity contribution is -0.140. The zero-order valence-corrected chi connectivity index (χ0v) is 18.2. The van der Waals surface area contributed by atoms with Gasteiger partial charge in [-0.15, -0.1) is 0 Å². The minimum atomic E-state index is -3.02. The lowest BCUT2D eigenvalue weighted by Crippen LogP contribution is -2.37. The molecule has 6 nitrogen and oxygen atoms in total. The van der Waals surface area contributed by atoms with Crippen molar-refractivity contribution in [3.05, 3.63) is 0 Å². The number of nitrogens with zero attached hydrogens (tertiary/aromatic N) is 1. The highest BCUT2D eigenvalue weighted by atomic mass is 31.2. The molecular formula is C20H37N2O4P. The van der Waals surface area contributed by atoms with Gasteiger partial charge in [-0.3, -0.25) is 19.1 Å². The van der Waals surface area contributed by atoms with E-state index in [4.69, 9.17) is 0 Å². The molecule has 1 heterocycles. The molecule has 2 fully saturated rings. The van der Waals surface area contributed by atoms with Gasteiger partial charge < -0.3 is 10.2 Å². The Hall–Kier alpha value is -0.710. The largest absolute Gasteiger partial charge is 0.344 e. The van der Waals surface area contributed by atoms with E-state index in [1.165, 1.54) is 4.90 Å². The topological polar surface area (TPSA) is 86.7 Å². The van der Waals surface area contributed by atoms with Crippen LogP contribution in [0.4, 0.5) is 0 Å². The highest BCUT2D eigenvalue weighted by Crippen LogP contribution is 2.45. The van der Waals surface area contributed by atoms with Crippen molar-refractivity contribution in [1.29, 1.82) is 0 Å². The van der Waals surface area contributed by atoms with E-state index in [1.807, 2.05) is 13.8 Å². The Labute approximate surface area is 163 Å². The fourth-order valence-electron chi connectivity index (χ4n) is 4.10. The van der Waals surface area contributed by atoms with Crippen molar-refractivity contribution in [2.24, 2.45) is 23.7 Å². The predicted octanol–water partition coefficient (Wildman–Crippen LogP) is 3.09. The fourth-order valence-corrected chi connectivity index (χ4v) is 5.10. The van der Waals surface area contributed by atoms with Crippen molar-refractivity contribution in [2.45, 2.75) is 65.5 Å². The Balaban J connectivity index is 1.68. The summed E-state index contributed by atoms with van der Waals surface area (Å²) in [6.45, 7) is 9.65. The summed E-state index contributed by atoms with van der Waals surface area (Å²) < 4.78 is 11.9. The Morgan fingerprint density at radius 1 is 1.11 bits per heavy atom. The third kappa shape index (κ3) is 6.13. The molecule has 2 amide bonds. The summed E-state index contributed by atoms with van der Waals surface area (Å²) in [5.74, 6) is 1.11. The van der Waals surface area contributed by atoms with Gasteiger partial charge in [0.15, 0.2) is 0 Å². The van der Waals surface area contributed by atoms with Crippen LogP contribution in [0, 0.1) is 23.7 Å². The van der Waals surface area contributed by atoms with Crippen LogP contribution in [0.3, 0.4) is 0 Å². The standard InChI is InChI=1S/C20H37N2O4P/c1-14(2)18-11-19(23)22(20(18)24)13-17-7-5-16(6-8-17)12-21-9-10-27(25,26)15(3)4/h14-18,21H,5-13H2,1-4H3,(H,25,26). The number of carbonyl (C=O) groups is 2. The van der Waals surface area contributed by atoms with Crippen molar-refractivity contribution in [3.63, 3.8) is 0 Å². The van der Waals surface area contributed by atoms with Crippen molar-refractivity contribution in [3.8, 4) is 0 Å². The first-order valence-corrected chi connectivity index (χ1v) is 12.4. The number of hydrogen-bond donors (Lipinski definition) is 2. The normalized spacial score (nSPS) is 29.0. The summed E-state index contributed by atoms with van der Waals surface area (Å²) >= 11 is 0. The van der Waals surface area contributed by atoms with Crippen LogP contribution in [-0.4, -0.2) is 53.1 Å². The van der Waals surface area contributed by atoms with Gasteiger partial charge in [0.2, 0.25) is 19.2 Å². The van der Waals surface area contributed by atoms with E-state index in [1.54, 1.807) is 13.8 Å². The third-order valence-electron chi connectivity index (χ3n) is 6.34. The molecule has 156 valence electrons. The number of rotatable bonds is 9. The Morgan fingerprint density at radius 3 is 2.22 bits per heavy atom. The molecule has 1 aliphatic carbocycles. The third-order valence-corrected chi connectivity index (χ3v) is 8.82. The molecule has 27 heavy (non-hydrogen) atoms. The SMILES string of the molecule is CC(C)C1CC(=O)N(CC2CCC(CNCCP(=O)(O)C(C)C)CC2)C1=O. The van der Waals surface area contributed by atoms with Crippen molar-refractivity contribution < 1.29 is 19.0 Å². The highest BCUT2D eigenvalue weighted by molar-refractivity contribution is 7.58. The van der Waals surface area contributed by atoms with Crippen molar-refractivity contribution in [2.75, 3.05) is 25.8 Å². The minimum Gasteiger partial charge on any atom is -0.344 e. The summed E-state index contributed by atoms with van der Waals surface area (Å²) in [5.41, 5.74) is -0.180. The van der Waals surface area contributed by atoms with Gasteiger partial charge in [-0.25, -0.2) is 0 Å². The van der Waals surface area contributed by atoms with Crippen LogP contribution in [0.2, 0.25) is 0 Å². The molecule has 1 saturated carbocycles. The quantitative estimate of drug-likeness (QED) is 0.353. The number of hydrogen-bond acceptors (Lipinski definition) is 4. The summed E-state index contributed by atoms with van der Waals surface area (Å²) in [6, 6.07) is 0. The monoisotopic (exact) mass is 400 g/mol. The number of carbonyl (C=O) groups excluding carboxylic acids is 2. The van der Waals surface area contributed by atoms with Crippen LogP contribution in [0.1, 0.15) is 59.8 Å². The Morgan fingerprint density at radius 2 is 1.70 bits per heavy atom. The van der Waals surface area contributed by atoms with E-state index in [0.29, 0.717) is 37.5 Å². The average Bonchev–Trinajstić information content (AvgIpc) is 2.88. The first kappa shape index (κ1) is 22.6. The maximum absolute atomic E-state index is 12.5. The molecule has 0 radical (unpaired) electrons. The molecule has 1 aliphatic heterocycles. The summed E-state index contributed by atoms with van der Waals surface area (Å²) in [4.78, 5) is 36.0. The first-order valence-electron chi connectivity index (χ1n) is 10.5. The summed E-state index contributed by atoms with van der Waals surface area (Å²) in [6.07, 6.45) is 4.96. The van der Waals surface area contributed by atoms with Gasteiger partial charge in [0.05, 0.1) is 0 Å². The molecule has 1 saturated heterocycles. The zero-order valence-electron chi connectivity index (χ0n) is 17.3. The van der Waals surface area contributed by atoms with Gasteiger partial charge in [0, 0.05) is 37.2 Å². The highest BCUT2D eigenvalue weighted by Gasteiger charge is 2.41. The number of nitrogens with one attached hydrogen (secondary N) is 1. The van der Waals surface area contributed by atoms with Crippen LogP contribution >= 0.6 is 7.37 Å². The van der Waals surface area contributed by atoms with Crippen LogP contribution < -0.4 is 5.32 Å². The lowest BCUT2D eigenvalue weighted by atomic mass is 9.81. The molecule has 2 aliphatic rings. The van der Waals surface area contributed by atoms with Gasteiger partial charge in [-0.1, -0.05) is 27.7 Å². The smallest absolute Gasteiger partial charge is 0.233 e. The predicted molar refractivity (Wildman–Crippen MR) is 108 cm³/mol. The molecule has 2 unspecified atom stereocenters. The molecule has 0 bridgehead atoms. The van der Waals surface area contributed by atoms with Crippen LogP contribution in [-0.2, 0) is 14.2 Å². The zero-order chi connectivity index (χ0) is 20.2. The van der Waals surface area contributed by atoms with E-state index in [9.17, 15) is 19.0 Å². The van der Waals surface area contributed by atoms with Gasteiger partial charge in [-0.2, -0.15) is 0 Å². The average molecular weight is 401 g/mol. The summed E-state index contributed by atoms with van der Waals surface area (Å²) in [5, 5.41) is 3.34. The first-order chi connectivity index (χ1) is 12.6. The summed E-state index contributed by atoms with van der Waals surface area (Å²) in [7, 11) is -3.02. The molecule has 0 aromatic rings. The number of imide groups is 1. The second-order valence-corrected chi connectivity index (χ2v) is 12.1. The van der Waals surface area contributed by atoms with Gasteiger partial charge in [0.1, 0.15) is 0 Å². The lowest BCUT2D eigenvalue weighted by Gasteiger charge is -2.31. The second kappa shape index (κ2) is 9.67. The van der Waals surface area contributed by atoms with E-state index < -0.39 is 7.37 Å². The van der Waals surface area contributed by atoms with Gasteiger partial charge >= 0.3 is 0 Å². The van der Waals surface area contributed by atoms with Gasteiger partial charge in [0.25, 0.3) is 0 Å². The van der Waals surface area contributed by atoms with E-state index in [0.717, 1.165) is 32.2 Å². The number of amides is 2. The maximum Gasteiger partial charge on any atom is 0.233 e. The Kier molecular flexibility index (Phi) is 8.08. The molecule has 0 aromatic carbocycles. The van der Waals surface area contributed by atoms with Crippen LogP contribution in [0.5, 0.6) is 0 Å². The van der Waals surface area contributed by atoms with Crippen molar-refractivity contribution >= 4 is 19.2 Å². The molecular weight excluding hydrogens is 363 g/mol.